The van der Waals surface area contributed by atoms with Crippen LogP contribution in [0.2, 0.25) is 5.02 Å². The van der Waals surface area contributed by atoms with Crippen molar-refractivity contribution in [1.82, 2.24) is 0 Å². The number of carbonyl (C=O) groups excluding carboxylic acids is 2. The molecule has 1 aromatic carbocycles. The van der Waals surface area contributed by atoms with E-state index in [0.29, 0.717) is 0 Å². The summed E-state index contributed by atoms with van der Waals surface area (Å²) in [6.07, 6.45) is 0. The molecule has 7 nitrogen and oxygen atoms in total. The molecule has 1 rings (SSSR count). The molecule has 4 N–H and O–H groups in total. The fourth-order valence-corrected chi connectivity index (χ4v) is 1.34. The van der Waals surface area contributed by atoms with Gasteiger partial charge in [-0.05, 0) is 6.07 Å². The van der Waals surface area contributed by atoms with E-state index in [1.807, 2.05) is 0 Å². The molecule has 0 spiro atoms. The number of nitrogens with zero attached hydrogens (tertiary/aromatic N) is 1. The van der Waals surface area contributed by atoms with Gasteiger partial charge in [0.05, 0.1) is 16.1 Å². The van der Waals surface area contributed by atoms with Crippen molar-refractivity contribution < 1.29 is 14.5 Å². The minimum Gasteiger partial charge on any atom is -0.366 e. The molecule has 0 aliphatic carbocycles. The van der Waals surface area contributed by atoms with Crippen molar-refractivity contribution in [2.45, 2.75) is 0 Å². The van der Waals surface area contributed by atoms with E-state index in [4.69, 9.17) is 23.1 Å². The van der Waals surface area contributed by atoms with Crippen molar-refractivity contribution in [2.24, 2.45) is 11.5 Å². The van der Waals surface area contributed by atoms with E-state index in [2.05, 4.69) is 0 Å². The summed E-state index contributed by atoms with van der Waals surface area (Å²) in [5.41, 5.74) is 8.84. The van der Waals surface area contributed by atoms with Crippen LogP contribution in [0.5, 0.6) is 0 Å². The molecule has 0 saturated carbocycles. The first-order chi connectivity index (χ1) is 7.34. The van der Waals surface area contributed by atoms with Gasteiger partial charge in [0.15, 0.2) is 0 Å². The second-order valence-corrected chi connectivity index (χ2v) is 3.24. The lowest BCUT2D eigenvalue weighted by molar-refractivity contribution is -0.384. The minimum absolute atomic E-state index is 0.247. The second kappa shape index (κ2) is 4.15. The first kappa shape index (κ1) is 11.9. The van der Waals surface area contributed by atoms with Gasteiger partial charge in [-0.3, -0.25) is 19.7 Å². The average Bonchev–Trinajstić information content (AvgIpc) is 2.15. The summed E-state index contributed by atoms with van der Waals surface area (Å²) in [6, 6.07) is 1.77. The van der Waals surface area contributed by atoms with Crippen LogP contribution in [-0.2, 0) is 0 Å². The lowest BCUT2D eigenvalue weighted by Crippen LogP contribution is -2.20. The Balaban J connectivity index is 3.55. The van der Waals surface area contributed by atoms with Gasteiger partial charge in [0, 0.05) is 6.07 Å². The maximum absolute atomic E-state index is 11.0. The summed E-state index contributed by atoms with van der Waals surface area (Å²) in [4.78, 5) is 31.6. The van der Waals surface area contributed by atoms with Gasteiger partial charge in [-0.15, -0.1) is 0 Å². The van der Waals surface area contributed by atoms with Gasteiger partial charge in [-0.25, -0.2) is 0 Å². The van der Waals surface area contributed by atoms with Crippen molar-refractivity contribution in [2.75, 3.05) is 0 Å². The van der Waals surface area contributed by atoms with E-state index < -0.39 is 22.4 Å². The highest BCUT2D eigenvalue weighted by Gasteiger charge is 2.21. The Hall–Kier alpha value is -2.15. The van der Waals surface area contributed by atoms with E-state index in [1.165, 1.54) is 0 Å². The SMILES string of the molecule is NC(=O)c1cc(Cl)c([N+](=O)[O-])cc1C(N)=O. The van der Waals surface area contributed by atoms with Crippen LogP contribution in [0.25, 0.3) is 0 Å². The Morgan fingerprint density at radius 2 is 1.62 bits per heavy atom. The maximum Gasteiger partial charge on any atom is 0.288 e. The molecule has 0 unspecified atom stereocenters. The predicted molar refractivity (Wildman–Crippen MR) is 55.1 cm³/mol. The first-order valence-electron chi connectivity index (χ1n) is 3.92. The standard InChI is InChI=1S/C8H6ClN3O4/c9-5-1-3(7(10)13)4(8(11)14)2-6(5)12(15)16/h1-2H,(H2,10,13)(H2,11,14). The Labute approximate surface area is 94.1 Å². The molecule has 0 bridgehead atoms. The summed E-state index contributed by atoms with van der Waals surface area (Å²) < 4.78 is 0. The van der Waals surface area contributed by atoms with Crippen LogP contribution >= 0.6 is 11.6 Å². The summed E-state index contributed by atoms with van der Waals surface area (Å²) in [7, 11) is 0. The molecule has 0 aliphatic rings. The highest BCUT2D eigenvalue weighted by atomic mass is 35.5. The van der Waals surface area contributed by atoms with Crippen LogP contribution < -0.4 is 11.5 Å². The van der Waals surface area contributed by atoms with Crippen LogP contribution in [0.15, 0.2) is 12.1 Å². The van der Waals surface area contributed by atoms with E-state index in [-0.39, 0.29) is 16.1 Å². The first-order valence-corrected chi connectivity index (χ1v) is 4.30. The maximum atomic E-state index is 11.0. The lowest BCUT2D eigenvalue weighted by Gasteiger charge is -2.04. The fraction of sp³-hybridized carbons (Fsp3) is 0. The molecular weight excluding hydrogens is 238 g/mol. The molecule has 1 aromatic rings. The molecule has 84 valence electrons. The molecular formula is C8H6ClN3O4. The molecule has 8 heteroatoms. The largest absolute Gasteiger partial charge is 0.366 e. The van der Waals surface area contributed by atoms with E-state index in [0.717, 1.165) is 12.1 Å². The van der Waals surface area contributed by atoms with E-state index >= 15 is 0 Å². The van der Waals surface area contributed by atoms with Crippen LogP contribution in [0.4, 0.5) is 5.69 Å². The Bertz CT molecular complexity index is 500. The van der Waals surface area contributed by atoms with Crippen molar-refractivity contribution in [3.63, 3.8) is 0 Å². The molecule has 0 atom stereocenters. The number of hydrogen-bond acceptors (Lipinski definition) is 4. The third-order valence-corrected chi connectivity index (χ3v) is 2.12. The zero-order valence-corrected chi connectivity index (χ0v) is 8.52. The second-order valence-electron chi connectivity index (χ2n) is 2.83. The van der Waals surface area contributed by atoms with Crippen LogP contribution in [0.3, 0.4) is 0 Å². The Morgan fingerprint density at radius 1 is 1.19 bits per heavy atom. The quantitative estimate of drug-likeness (QED) is 0.589. The van der Waals surface area contributed by atoms with E-state index in [1.54, 1.807) is 0 Å². The van der Waals surface area contributed by atoms with Crippen molar-refractivity contribution in [1.29, 1.82) is 0 Å². The fourth-order valence-electron chi connectivity index (χ4n) is 1.11. The summed E-state index contributed by atoms with van der Waals surface area (Å²) >= 11 is 5.54. The van der Waals surface area contributed by atoms with Crippen molar-refractivity contribution in [3.8, 4) is 0 Å². The zero-order chi connectivity index (χ0) is 12.5. The highest BCUT2D eigenvalue weighted by Crippen LogP contribution is 2.27. The smallest absolute Gasteiger partial charge is 0.288 e. The molecule has 0 saturated heterocycles. The number of rotatable bonds is 3. The number of nitro benzene ring substituents is 1. The number of carbonyl (C=O) groups is 2. The normalized spacial score (nSPS) is 9.81. The number of amides is 2. The van der Waals surface area contributed by atoms with Gasteiger partial charge in [0.2, 0.25) is 11.8 Å². The van der Waals surface area contributed by atoms with Gasteiger partial charge < -0.3 is 11.5 Å². The number of halogens is 1. The summed E-state index contributed by atoms with van der Waals surface area (Å²) in [5.74, 6) is -1.93. The zero-order valence-electron chi connectivity index (χ0n) is 7.77. The average molecular weight is 244 g/mol. The molecule has 0 fully saturated rings. The topological polar surface area (TPSA) is 129 Å². The number of nitrogens with two attached hydrogens (primary N) is 2. The van der Waals surface area contributed by atoms with Gasteiger partial charge in [0.25, 0.3) is 5.69 Å². The predicted octanol–water partition coefficient (Wildman–Crippen LogP) is 0.446. The monoisotopic (exact) mass is 243 g/mol. The number of hydrogen-bond donors (Lipinski definition) is 2. The molecule has 0 radical (unpaired) electrons. The third-order valence-electron chi connectivity index (χ3n) is 1.81. The van der Waals surface area contributed by atoms with Crippen molar-refractivity contribution >= 4 is 29.1 Å². The Morgan fingerprint density at radius 3 is 2.00 bits per heavy atom. The highest BCUT2D eigenvalue weighted by molar-refractivity contribution is 6.33. The number of benzene rings is 1. The van der Waals surface area contributed by atoms with Gasteiger partial charge in [0.1, 0.15) is 5.02 Å². The number of nitro groups is 1. The summed E-state index contributed by atoms with van der Waals surface area (Å²) in [6.45, 7) is 0. The third kappa shape index (κ3) is 2.09. The molecule has 0 aliphatic heterocycles. The molecule has 16 heavy (non-hydrogen) atoms. The van der Waals surface area contributed by atoms with Gasteiger partial charge >= 0.3 is 0 Å². The molecule has 0 heterocycles. The van der Waals surface area contributed by atoms with Crippen LogP contribution in [0, 0.1) is 10.1 Å². The molecule has 2 amide bonds. The van der Waals surface area contributed by atoms with E-state index in [9.17, 15) is 19.7 Å². The lowest BCUT2D eigenvalue weighted by atomic mass is 10.1. The van der Waals surface area contributed by atoms with Crippen molar-refractivity contribution in [3.05, 3.63) is 38.4 Å². The van der Waals surface area contributed by atoms with Crippen LogP contribution in [0.1, 0.15) is 20.7 Å². The molecule has 0 aromatic heterocycles. The summed E-state index contributed by atoms with van der Waals surface area (Å²) in [5, 5.41) is 10.2. The van der Waals surface area contributed by atoms with Gasteiger partial charge in [-0.1, -0.05) is 11.6 Å². The van der Waals surface area contributed by atoms with Gasteiger partial charge in [-0.2, -0.15) is 0 Å². The Kier molecular flexibility index (Phi) is 3.09. The van der Waals surface area contributed by atoms with Crippen LogP contribution in [-0.4, -0.2) is 16.7 Å². The number of primary amides is 2. The minimum atomic E-state index is -0.992.